The Hall–Kier alpha value is -1.63. The van der Waals surface area contributed by atoms with Gasteiger partial charge in [0.25, 0.3) is 0 Å². The number of aryl methyl sites for hydroxylation is 1. The SMILES string of the molecule is CCC(C)NC(=O)CSc1nc(=O)[nH]c(C)c1C(C)=O. The first-order valence-electron chi connectivity index (χ1n) is 6.39. The molecule has 1 unspecified atom stereocenters. The summed E-state index contributed by atoms with van der Waals surface area (Å²) in [7, 11) is 0. The monoisotopic (exact) mass is 297 g/mol. The summed E-state index contributed by atoms with van der Waals surface area (Å²) in [5.41, 5.74) is 0.325. The largest absolute Gasteiger partial charge is 0.353 e. The number of rotatable bonds is 6. The minimum absolute atomic E-state index is 0.101. The molecule has 0 fully saturated rings. The number of ketones is 1. The topological polar surface area (TPSA) is 91.9 Å². The van der Waals surface area contributed by atoms with Crippen LogP contribution in [0.3, 0.4) is 0 Å². The summed E-state index contributed by atoms with van der Waals surface area (Å²) < 4.78 is 0. The molecule has 2 N–H and O–H groups in total. The van der Waals surface area contributed by atoms with Crippen molar-refractivity contribution in [2.24, 2.45) is 0 Å². The lowest BCUT2D eigenvalue weighted by molar-refractivity contribution is -0.119. The Balaban J connectivity index is 2.85. The van der Waals surface area contributed by atoms with E-state index in [1.54, 1.807) is 6.92 Å². The van der Waals surface area contributed by atoms with E-state index in [4.69, 9.17) is 0 Å². The van der Waals surface area contributed by atoms with E-state index in [1.165, 1.54) is 6.92 Å². The van der Waals surface area contributed by atoms with Gasteiger partial charge in [-0.3, -0.25) is 9.59 Å². The quantitative estimate of drug-likeness (QED) is 0.469. The minimum Gasteiger partial charge on any atom is -0.353 e. The van der Waals surface area contributed by atoms with Crippen LogP contribution < -0.4 is 11.0 Å². The zero-order valence-corrected chi connectivity index (χ0v) is 12.9. The van der Waals surface area contributed by atoms with Crippen LogP contribution in [0, 0.1) is 6.92 Å². The highest BCUT2D eigenvalue weighted by Crippen LogP contribution is 2.21. The minimum atomic E-state index is -0.516. The second-order valence-electron chi connectivity index (χ2n) is 4.57. The van der Waals surface area contributed by atoms with Gasteiger partial charge in [0.05, 0.1) is 11.3 Å². The molecular formula is C13H19N3O3S. The van der Waals surface area contributed by atoms with Gasteiger partial charge < -0.3 is 10.3 Å². The number of H-pyrrole nitrogens is 1. The molecule has 0 saturated heterocycles. The van der Waals surface area contributed by atoms with Crippen molar-refractivity contribution < 1.29 is 9.59 Å². The van der Waals surface area contributed by atoms with Gasteiger partial charge in [0.2, 0.25) is 5.91 Å². The zero-order valence-electron chi connectivity index (χ0n) is 12.1. The highest BCUT2D eigenvalue weighted by atomic mass is 32.2. The molecular weight excluding hydrogens is 278 g/mol. The van der Waals surface area contributed by atoms with Crippen LogP contribution in [0.25, 0.3) is 0 Å². The number of hydrogen-bond donors (Lipinski definition) is 2. The predicted molar refractivity (Wildman–Crippen MR) is 78.2 cm³/mol. The fourth-order valence-electron chi connectivity index (χ4n) is 1.63. The van der Waals surface area contributed by atoms with E-state index < -0.39 is 5.69 Å². The van der Waals surface area contributed by atoms with Crippen molar-refractivity contribution in [3.63, 3.8) is 0 Å². The first-order valence-corrected chi connectivity index (χ1v) is 7.37. The molecule has 20 heavy (non-hydrogen) atoms. The number of carbonyl (C=O) groups is 2. The molecule has 1 heterocycles. The van der Waals surface area contributed by atoms with E-state index in [0.717, 1.165) is 18.2 Å². The van der Waals surface area contributed by atoms with Crippen LogP contribution in [-0.2, 0) is 4.79 Å². The van der Waals surface area contributed by atoms with Gasteiger partial charge in [0.1, 0.15) is 5.03 Å². The van der Waals surface area contributed by atoms with Crippen molar-refractivity contribution in [3.8, 4) is 0 Å². The van der Waals surface area contributed by atoms with Crippen LogP contribution in [0.1, 0.15) is 43.2 Å². The van der Waals surface area contributed by atoms with E-state index in [-0.39, 0.29) is 23.5 Å². The first kappa shape index (κ1) is 16.4. The summed E-state index contributed by atoms with van der Waals surface area (Å²) in [5, 5.41) is 3.12. The Morgan fingerprint density at radius 1 is 1.45 bits per heavy atom. The van der Waals surface area contributed by atoms with E-state index in [9.17, 15) is 14.4 Å². The molecule has 1 atom stereocenters. The Labute approximate surface area is 121 Å². The van der Waals surface area contributed by atoms with Gasteiger partial charge in [-0.2, -0.15) is 4.98 Å². The molecule has 1 aromatic rings. The maximum Gasteiger partial charge on any atom is 0.346 e. The third-order valence-corrected chi connectivity index (χ3v) is 3.77. The Morgan fingerprint density at radius 3 is 2.65 bits per heavy atom. The van der Waals surface area contributed by atoms with Gasteiger partial charge >= 0.3 is 5.69 Å². The molecule has 0 spiro atoms. The van der Waals surface area contributed by atoms with Gasteiger partial charge in [-0.25, -0.2) is 4.79 Å². The summed E-state index contributed by atoms with van der Waals surface area (Å²) in [6, 6.07) is 0.101. The van der Waals surface area contributed by atoms with E-state index in [2.05, 4.69) is 15.3 Å². The molecule has 1 amide bonds. The molecule has 110 valence electrons. The Morgan fingerprint density at radius 2 is 2.10 bits per heavy atom. The number of aromatic amines is 1. The number of thioether (sulfide) groups is 1. The van der Waals surface area contributed by atoms with Crippen molar-refractivity contribution in [2.45, 2.75) is 45.2 Å². The average Bonchev–Trinajstić information content (AvgIpc) is 2.34. The number of amides is 1. The summed E-state index contributed by atoms with van der Waals surface area (Å²) in [4.78, 5) is 40.9. The molecule has 7 heteroatoms. The Kier molecular flexibility index (Phi) is 5.94. The van der Waals surface area contributed by atoms with Crippen LogP contribution >= 0.6 is 11.8 Å². The summed E-state index contributed by atoms with van der Waals surface area (Å²) in [5.74, 6) is -0.199. The lowest BCUT2D eigenvalue weighted by atomic mass is 10.2. The van der Waals surface area contributed by atoms with E-state index >= 15 is 0 Å². The highest BCUT2D eigenvalue weighted by Gasteiger charge is 2.16. The number of hydrogen-bond acceptors (Lipinski definition) is 5. The molecule has 0 radical (unpaired) electrons. The maximum absolute atomic E-state index is 11.7. The number of nitrogens with zero attached hydrogens (tertiary/aromatic N) is 1. The number of carbonyl (C=O) groups excluding carboxylic acids is 2. The summed E-state index contributed by atoms with van der Waals surface area (Å²) in [6.45, 7) is 6.95. The molecule has 0 bridgehead atoms. The van der Waals surface area contributed by atoms with Gasteiger partial charge in [-0.15, -0.1) is 0 Å². The van der Waals surface area contributed by atoms with Crippen molar-refractivity contribution in [1.29, 1.82) is 0 Å². The standard InChI is InChI=1S/C13H19N3O3S/c1-5-7(2)14-10(18)6-20-12-11(9(4)17)8(3)15-13(19)16-12/h7H,5-6H2,1-4H3,(H,14,18)(H,15,16,19). The lowest BCUT2D eigenvalue weighted by Gasteiger charge is -2.11. The molecule has 6 nitrogen and oxygen atoms in total. The summed E-state index contributed by atoms with van der Waals surface area (Å²) in [6.07, 6.45) is 0.845. The fraction of sp³-hybridized carbons (Fsp3) is 0.538. The third-order valence-electron chi connectivity index (χ3n) is 2.80. The van der Waals surface area contributed by atoms with Crippen LogP contribution in [0.2, 0.25) is 0 Å². The normalized spacial score (nSPS) is 12.0. The first-order chi connectivity index (χ1) is 9.35. The average molecular weight is 297 g/mol. The molecule has 0 aliphatic heterocycles. The van der Waals surface area contributed by atoms with Crippen molar-refractivity contribution in [2.75, 3.05) is 5.75 Å². The van der Waals surface area contributed by atoms with Crippen LogP contribution in [0.4, 0.5) is 0 Å². The van der Waals surface area contributed by atoms with E-state index in [1.807, 2.05) is 13.8 Å². The number of Topliss-reactive ketones (excluding diaryl/α,β-unsaturated/α-hetero) is 1. The van der Waals surface area contributed by atoms with Gasteiger partial charge in [-0.05, 0) is 27.2 Å². The summed E-state index contributed by atoms with van der Waals surface area (Å²) >= 11 is 1.10. The number of aromatic nitrogens is 2. The second kappa shape index (κ2) is 7.23. The second-order valence-corrected chi connectivity index (χ2v) is 5.53. The fourth-order valence-corrected chi connectivity index (χ4v) is 2.57. The van der Waals surface area contributed by atoms with Gasteiger partial charge in [-0.1, -0.05) is 18.7 Å². The number of nitrogens with one attached hydrogen (secondary N) is 2. The van der Waals surface area contributed by atoms with Gasteiger partial charge in [0.15, 0.2) is 5.78 Å². The van der Waals surface area contributed by atoms with Crippen LogP contribution in [-0.4, -0.2) is 33.5 Å². The van der Waals surface area contributed by atoms with Gasteiger partial charge in [0, 0.05) is 11.7 Å². The van der Waals surface area contributed by atoms with Crippen molar-refractivity contribution in [1.82, 2.24) is 15.3 Å². The zero-order chi connectivity index (χ0) is 15.3. The van der Waals surface area contributed by atoms with Crippen LogP contribution in [0.15, 0.2) is 9.82 Å². The highest BCUT2D eigenvalue weighted by molar-refractivity contribution is 8.00. The third kappa shape index (κ3) is 4.48. The predicted octanol–water partition coefficient (Wildman–Crippen LogP) is 1.29. The lowest BCUT2D eigenvalue weighted by Crippen LogP contribution is -2.33. The molecule has 0 aromatic carbocycles. The molecule has 1 rings (SSSR count). The van der Waals surface area contributed by atoms with E-state index in [0.29, 0.717) is 16.3 Å². The molecule has 0 aliphatic carbocycles. The molecule has 1 aromatic heterocycles. The van der Waals surface area contributed by atoms with Crippen LogP contribution in [0.5, 0.6) is 0 Å². The molecule has 0 aliphatic rings. The van der Waals surface area contributed by atoms with Crippen molar-refractivity contribution in [3.05, 3.63) is 21.7 Å². The smallest absolute Gasteiger partial charge is 0.346 e. The molecule has 0 saturated carbocycles. The van der Waals surface area contributed by atoms with Crippen molar-refractivity contribution >= 4 is 23.5 Å². The maximum atomic E-state index is 11.7. The Bertz CT molecular complexity index is 568.